The van der Waals surface area contributed by atoms with Gasteiger partial charge < -0.3 is 10.7 Å². The molecule has 0 heterocycles. The first-order valence-corrected chi connectivity index (χ1v) is 4.03. The van der Waals surface area contributed by atoms with Crippen molar-refractivity contribution in [1.29, 1.82) is 5.41 Å². The van der Waals surface area contributed by atoms with Crippen LogP contribution in [-0.4, -0.2) is 18.7 Å². The van der Waals surface area contributed by atoms with Crippen LogP contribution in [0.4, 0.5) is 0 Å². The predicted molar refractivity (Wildman–Crippen MR) is 45.9 cm³/mol. The van der Waals surface area contributed by atoms with Gasteiger partial charge >= 0.3 is 0 Å². The van der Waals surface area contributed by atoms with Crippen molar-refractivity contribution >= 4 is 12.6 Å². The van der Waals surface area contributed by atoms with Crippen LogP contribution in [0, 0.1) is 5.41 Å². The molecule has 0 spiro atoms. The lowest BCUT2D eigenvalue weighted by atomic mass is 10.1. The third kappa shape index (κ3) is 5.58. The molecule has 0 rings (SSSR count). The Labute approximate surface area is 67.7 Å². The van der Waals surface area contributed by atoms with Crippen molar-refractivity contribution in [3.05, 3.63) is 0 Å². The molecule has 0 radical (unpaired) electrons. The summed E-state index contributed by atoms with van der Waals surface area (Å²) in [6.45, 7) is 2.05. The van der Waals surface area contributed by atoms with Crippen molar-refractivity contribution in [2.24, 2.45) is 0 Å². The van der Waals surface area contributed by atoms with Crippen LogP contribution >= 0.6 is 0 Å². The molecular weight excluding hydrogens is 140 g/mol. The molecular formula is C8H16N2O. The van der Waals surface area contributed by atoms with Crippen molar-refractivity contribution < 1.29 is 4.79 Å². The lowest BCUT2D eigenvalue weighted by Gasteiger charge is -2.11. The Morgan fingerprint density at radius 1 is 1.64 bits per heavy atom. The van der Waals surface area contributed by atoms with Gasteiger partial charge in [0.15, 0.2) is 0 Å². The minimum absolute atomic E-state index is 0.299. The Bertz CT molecular complexity index is 115. The minimum Gasteiger partial charge on any atom is -0.356 e. The number of amides is 1. The molecule has 0 aromatic carbocycles. The molecule has 0 aliphatic carbocycles. The molecule has 1 unspecified atom stereocenters. The smallest absolute Gasteiger partial charge is 0.207 e. The average Bonchev–Trinajstić information content (AvgIpc) is 2.03. The number of rotatable bonds is 7. The first-order chi connectivity index (χ1) is 5.35. The van der Waals surface area contributed by atoms with E-state index in [1.54, 1.807) is 0 Å². The molecule has 0 bridgehead atoms. The number of nitrogens with one attached hydrogen (secondary N) is 2. The monoisotopic (exact) mass is 156 g/mol. The quantitative estimate of drug-likeness (QED) is 0.326. The molecule has 64 valence electrons. The van der Waals surface area contributed by atoms with Crippen molar-refractivity contribution in [3.8, 4) is 0 Å². The molecule has 3 nitrogen and oxygen atoms in total. The van der Waals surface area contributed by atoms with Gasteiger partial charge in [0.1, 0.15) is 0 Å². The Kier molecular flexibility index (Phi) is 6.68. The summed E-state index contributed by atoms with van der Waals surface area (Å²) in [6, 6.07) is 0.299. The second-order valence-corrected chi connectivity index (χ2v) is 2.52. The Hall–Kier alpha value is -0.860. The van der Waals surface area contributed by atoms with E-state index in [2.05, 4.69) is 5.32 Å². The minimum atomic E-state index is 0.299. The highest BCUT2D eigenvalue weighted by Crippen LogP contribution is 2.01. The zero-order valence-electron chi connectivity index (χ0n) is 6.97. The SMILES string of the molecule is CCC(CCCC=N)NC=O. The molecule has 0 fully saturated rings. The van der Waals surface area contributed by atoms with Gasteiger partial charge in [-0.15, -0.1) is 0 Å². The van der Waals surface area contributed by atoms with Crippen LogP contribution < -0.4 is 5.32 Å². The van der Waals surface area contributed by atoms with E-state index in [0.717, 1.165) is 32.1 Å². The number of hydrogen-bond donors (Lipinski definition) is 2. The molecule has 3 heteroatoms. The topological polar surface area (TPSA) is 53.0 Å². The number of carbonyl (C=O) groups is 1. The molecule has 0 aromatic rings. The number of carbonyl (C=O) groups excluding carboxylic acids is 1. The van der Waals surface area contributed by atoms with Gasteiger partial charge in [-0.2, -0.15) is 0 Å². The van der Waals surface area contributed by atoms with Gasteiger partial charge in [-0.1, -0.05) is 6.92 Å². The Morgan fingerprint density at radius 3 is 2.82 bits per heavy atom. The van der Waals surface area contributed by atoms with Gasteiger partial charge in [-0.05, 0) is 31.9 Å². The third-order valence-electron chi connectivity index (χ3n) is 1.70. The second kappa shape index (κ2) is 7.25. The van der Waals surface area contributed by atoms with Crippen LogP contribution in [0.25, 0.3) is 0 Å². The normalized spacial score (nSPS) is 12.1. The predicted octanol–water partition coefficient (Wildman–Crippen LogP) is 1.33. The van der Waals surface area contributed by atoms with E-state index in [0.29, 0.717) is 6.04 Å². The Balaban J connectivity index is 3.34. The molecule has 1 amide bonds. The van der Waals surface area contributed by atoms with E-state index in [-0.39, 0.29) is 0 Å². The van der Waals surface area contributed by atoms with Gasteiger partial charge in [0.2, 0.25) is 6.41 Å². The second-order valence-electron chi connectivity index (χ2n) is 2.52. The fourth-order valence-electron chi connectivity index (χ4n) is 0.968. The molecule has 2 N–H and O–H groups in total. The molecule has 0 saturated carbocycles. The third-order valence-corrected chi connectivity index (χ3v) is 1.70. The van der Waals surface area contributed by atoms with E-state index < -0.39 is 0 Å². The summed E-state index contributed by atoms with van der Waals surface area (Å²) >= 11 is 0. The van der Waals surface area contributed by atoms with E-state index in [4.69, 9.17) is 5.41 Å². The van der Waals surface area contributed by atoms with Crippen molar-refractivity contribution in [2.75, 3.05) is 0 Å². The highest BCUT2D eigenvalue weighted by atomic mass is 16.1. The highest BCUT2D eigenvalue weighted by molar-refractivity contribution is 5.52. The van der Waals surface area contributed by atoms with Crippen LogP contribution in [-0.2, 0) is 4.79 Å². The Morgan fingerprint density at radius 2 is 2.36 bits per heavy atom. The first-order valence-electron chi connectivity index (χ1n) is 4.03. The van der Waals surface area contributed by atoms with E-state index in [1.165, 1.54) is 6.21 Å². The summed E-state index contributed by atoms with van der Waals surface area (Å²) in [5.41, 5.74) is 0. The summed E-state index contributed by atoms with van der Waals surface area (Å²) in [5.74, 6) is 0. The van der Waals surface area contributed by atoms with Crippen LogP contribution in [0.1, 0.15) is 32.6 Å². The summed E-state index contributed by atoms with van der Waals surface area (Å²) in [7, 11) is 0. The largest absolute Gasteiger partial charge is 0.356 e. The molecule has 11 heavy (non-hydrogen) atoms. The molecule has 0 aromatic heterocycles. The standard InChI is InChI=1S/C8H16N2O/c1-2-8(10-7-11)5-3-4-6-9/h6-9H,2-5H2,1H3,(H,10,11). The van der Waals surface area contributed by atoms with Gasteiger partial charge in [0.05, 0.1) is 0 Å². The van der Waals surface area contributed by atoms with Gasteiger partial charge in [-0.25, -0.2) is 0 Å². The van der Waals surface area contributed by atoms with E-state index in [9.17, 15) is 4.79 Å². The van der Waals surface area contributed by atoms with Crippen molar-refractivity contribution in [1.82, 2.24) is 5.32 Å². The lowest BCUT2D eigenvalue weighted by Crippen LogP contribution is -2.26. The zero-order chi connectivity index (χ0) is 8.53. The van der Waals surface area contributed by atoms with Gasteiger partial charge in [0.25, 0.3) is 0 Å². The van der Waals surface area contributed by atoms with Crippen LogP contribution in [0.2, 0.25) is 0 Å². The first kappa shape index (κ1) is 10.1. The molecule has 0 saturated heterocycles. The zero-order valence-corrected chi connectivity index (χ0v) is 6.97. The highest BCUT2D eigenvalue weighted by Gasteiger charge is 2.01. The maximum absolute atomic E-state index is 10.1. The van der Waals surface area contributed by atoms with Crippen LogP contribution in [0.15, 0.2) is 0 Å². The average molecular weight is 156 g/mol. The summed E-state index contributed by atoms with van der Waals surface area (Å²) < 4.78 is 0. The van der Waals surface area contributed by atoms with Gasteiger partial charge in [0, 0.05) is 6.04 Å². The molecule has 0 aliphatic rings. The van der Waals surface area contributed by atoms with Crippen molar-refractivity contribution in [2.45, 2.75) is 38.6 Å². The van der Waals surface area contributed by atoms with Crippen LogP contribution in [0.5, 0.6) is 0 Å². The van der Waals surface area contributed by atoms with Crippen molar-refractivity contribution in [3.63, 3.8) is 0 Å². The fourth-order valence-corrected chi connectivity index (χ4v) is 0.968. The summed E-state index contributed by atoms with van der Waals surface area (Å²) in [6.07, 6.45) is 5.91. The fraction of sp³-hybridized carbons (Fsp3) is 0.750. The lowest BCUT2D eigenvalue weighted by molar-refractivity contribution is -0.110. The molecule has 0 aliphatic heterocycles. The van der Waals surface area contributed by atoms with Crippen LogP contribution in [0.3, 0.4) is 0 Å². The van der Waals surface area contributed by atoms with Gasteiger partial charge in [-0.3, -0.25) is 4.79 Å². The number of hydrogen-bond acceptors (Lipinski definition) is 2. The molecule has 1 atom stereocenters. The maximum atomic E-state index is 10.1. The number of unbranched alkanes of at least 4 members (excludes halogenated alkanes) is 1. The maximum Gasteiger partial charge on any atom is 0.207 e. The van der Waals surface area contributed by atoms with E-state index in [1.807, 2.05) is 6.92 Å². The summed E-state index contributed by atoms with van der Waals surface area (Å²) in [4.78, 5) is 10.1. The van der Waals surface area contributed by atoms with E-state index >= 15 is 0 Å². The summed E-state index contributed by atoms with van der Waals surface area (Å²) in [5, 5.41) is 9.53.